The van der Waals surface area contributed by atoms with E-state index in [9.17, 15) is 23.2 Å². The van der Waals surface area contributed by atoms with Gasteiger partial charge in [-0.3, -0.25) is 4.68 Å². The molecule has 1 unspecified atom stereocenters. The van der Waals surface area contributed by atoms with Crippen LogP contribution in [0.5, 0.6) is 5.75 Å². The first-order valence-electron chi connectivity index (χ1n) is 14.1. The summed E-state index contributed by atoms with van der Waals surface area (Å²) < 4.78 is 62.6. The molecule has 0 spiro atoms. The Morgan fingerprint density at radius 2 is 1.81 bits per heavy atom. The minimum absolute atomic E-state index is 0.0370. The fraction of sp³-hybridized carbons (Fsp3) is 0.586. The molecule has 0 aliphatic carbocycles. The molecular formula is C29H35F3N6O4. The van der Waals surface area contributed by atoms with Crippen molar-refractivity contribution < 1.29 is 32.2 Å². The van der Waals surface area contributed by atoms with Gasteiger partial charge < -0.3 is 19.1 Å². The van der Waals surface area contributed by atoms with Crippen LogP contribution in [0, 0.1) is 24.2 Å². The molecule has 0 saturated carbocycles. The highest BCUT2D eigenvalue weighted by Gasteiger charge is 2.47. The van der Waals surface area contributed by atoms with Gasteiger partial charge in [-0.2, -0.15) is 28.6 Å². The molecule has 42 heavy (non-hydrogen) atoms. The second kappa shape index (κ2) is 11.5. The van der Waals surface area contributed by atoms with Crippen LogP contribution in [-0.2, 0) is 9.47 Å². The van der Waals surface area contributed by atoms with E-state index in [1.807, 2.05) is 38.4 Å². The van der Waals surface area contributed by atoms with Crippen molar-refractivity contribution in [3.8, 4) is 22.9 Å². The van der Waals surface area contributed by atoms with Crippen molar-refractivity contribution >= 4 is 11.6 Å². The van der Waals surface area contributed by atoms with Crippen molar-refractivity contribution in [3.63, 3.8) is 0 Å². The predicted octanol–water partition coefficient (Wildman–Crippen LogP) is 5.69. The number of nitrogens with zero attached hydrogens (tertiary/aromatic N) is 6. The summed E-state index contributed by atoms with van der Waals surface area (Å²) in [5.74, 6) is -0.833. The number of nitriles is 1. The van der Waals surface area contributed by atoms with Crippen LogP contribution < -0.4 is 4.74 Å². The minimum atomic E-state index is -4.61. The van der Waals surface area contributed by atoms with Crippen molar-refractivity contribution in [2.75, 3.05) is 26.3 Å². The van der Waals surface area contributed by atoms with Gasteiger partial charge in [-0.1, -0.05) is 0 Å². The lowest BCUT2D eigenvalue weighted by molar-refractivity contribution is -0.216. The van der Waals surface area contributed by atoms with E-state index >= 15 is 0 Å². The number of carbonyl (C=O) groups is 1. The van der Waals surface area contributed by atoms with Gasteiger partial charge in [0.05, 0.1) is 18.4 Å². The number of rotatable bonds is 5. The maximum Gasteiger partial charge on any atom is 0.425 e. The Balaban J connectivity index is 1.43. The molecule has 226 valence electrons. The number of likely N-dealkylation sites (tertiary alicyclic amines) is 1. The Kier molecular flexibility index (Phi) is 8.11. The highest BCUT2D eigenvalue weighted by Crippen LogP contribution is 2.39. The van der Waals surface area contributed by atoms with Crippen molar-refractivity contribution in [2.45, 2.75) is 77.3 Å². The number of halogens is 3. The lowest BCUT2D eigenvalue weighted by atomic mass is 9.93. The van der Waals surface area contributed by atoms with Crippen LogP contribution >= 0.6 is 0 Å². The van der Waals surface area contributed by atoms with E-state index in [-0.39, 0.29) is 55.0 Å². The molecule has 1 atom stereocenters. The third-order valence-electron chi connectivity index (χ3n) is 7.79. The molecule has 2 saturated heterocycles. The summed E-state index contributed by atoms with van der Waals surface area (Å²) in [5.41, 5.74) is 1.82. The molecular weight excluding hydrogens is 553 g/mol. The third kappa shape index (κ3) is 6.18. The number of aromatic nitrogens is 4. The summed E-state index contributed by atoms with van der Waals surface area (Å²) in [7, 11) is 0. The number of amides is 1. The summed E-state index contributed by atoms with van der Waals surface area (Å²) in [6, 6.07) is 3.58. The first-order chi connectivity index (χ1) is 19.9. The van der Waals surface area contributed by atoms with Crippen molar-refractivity contribution in [1.82, 2.24) is 24.3 Å². The molecule has 2 aliphatic rings. The minimum Gasteiger partial charge on any atom is -0.478 e. The van der Waals surface area contributed by atoms with E-state index in [1.54, 1.807) is 17.3 Å². The Morgan fingerprint density at radius 1 is 1.12 bits per heavy atom. The van der Waals surface area contributed by atoms with E-state index in [0.717, 1.165) is 5.69 Å². The van der Waals surface area contributed by atoms with E-state index < -0.39 is 23.8 Å². The molecule has 1 amide bonds. The van der Waals surface area contributed by atoms with Crippen molar-refractivity contribution in [2.24, 2.45) is 5.92 Å². The van der Waals surface area contributed by atoms with E-state index in [2.05, 4.69) is 10.2 Å². The summed E-state index contributed by atoms with van der Waals surface area (Å²) in [6.45, 7) is 8.91. The lowest BCUT2D eigenvalue weighted by Crippen LogP contribution is -2.43. The Hall–Kier alpha value is -3.79. The quantitative estimate of drug-likeness (QED) is 0.377. The molecule has 2 aliphatic heterocycles. The predicted molar refractivity (Wildman–Crippen MR) is 146 cm³/mol. The zero-order valence-corrected chi connectivity index (χ0v) is 24.1. The zero-order chi connectivity index (χ0) is 30.2. The van der Waals surface area contributed by atoms with E-state index in [0.29, 0.717) is 37.1 Å². The highest BCUT2D eigenvalue weighted by molar-refractivity contribution is 5.76. The van der Waals surface area contributed by atoms with Crippen LogP contribution in [0.15, 0.2) is 24.7 Å². The summed E-state index contributed by atoms with van der Waals surface area (Å²) >= 11 is 0. The average molecular weight is 589 g/mol. The van der Waals surface area contributed by atoms with Crippen LogP contribution in [0.4, 0.5) is 18.0 Å². The molecule has 3 aromatic rings. The van der Waals surface area contributed by atoms with Crippen LogP contribution in [0.25, 0.3) is 16.6 Å². The highest BCUT2D eigenvalue weighted by atomic mass is 19.4. The largest absolute Gasteiger partial charge is 0.478 e. The first-order valence-corrected chi connectivity index (χ1v) is 14.1. The zero-order valence-electron chi connectivity index (χ0n) is 24.1. The second-order valence-corrected chi connectivity index (χ2v) is 11.9. The van der Waals surface area contributed by atoms with Crippen molar-refractivity contribution in [1.29, 1.82) is 5.26 Å². The first kappa shape index (κ1) is 29.7. The monoisotopic (exact) mass is 588 g/mol. The standard InChI is InChI=1S/C29H35F3N6O4/c1-18-23(16-35-38(18)22-5-9-36(10-6-22)27(39)42-28(2,3)4)20-13-24(25-21(14-33)15-34-37(25)17-20)41-26(29(30,31)32)19-7-11-40-12-8-19/h13,15-17,19,22,26H,5-12H2,1-4H3. The van der Waals surface area contributed by atoms with Gasteiger partial charge in [0.25, 0.3) is 0 Å². The molecule has 0 radical (unpaired) electrons. The SMILES string of the molecule is Cc1c(-c2cc(OC(C3CCOCC3)C(F)(F)F)c3c(C#N)cnn3c2)cnn1C1CCN(C(=O)OC(C)(C)C)CC1. The van der Waals surface area contributed by atoms with Gasteiger partial charge in [-0.15, -0.1) is 0 Å². The normalized spacial score (nSPS) is 18.2. The number of hydrogen-bond acceptors (Lipinski definition) is 7. The second-order valence-electron chi connectivity index (χ2n) is 11.9. The van der Waals surface area contributed by atoms with Gasteiger partial charge in [-0.25, -0.2) is 9.31 Å². The molecule has 5 heterocycles. The summed E-state index contributed by atoms with van der Waals surface area (Å²) in [5, 5.41) is 18.5. The Labute approximate surface area is 241 Å². The van der Waals surface area contributed by atoms with Gasteiger partial charge in [0.1, 0.15) is 28.5 Å². The average Bonchev–Trinajstić information content (AvgIpc) is 3.53. The van der Waals surface area contributed by atoms with Crippen LogP contribution in [-0.4, -0.2) is 74.6 Å². The number of carbonyl (C=O) groups excluding carboxylic acids is 1. The molecule has 10 nitrogen and oxygen atoms in total. The molecule has 13 heteroatoms. The maximum absolute atomic E-state index is 14.3. The summed E-state index contributed by atoms with van der Waals surface area (Å²) in [6.07, 6.45) is -0.542. The van der Waals surface area contributed by atoms with Gasteiger partial charge in [-0.05, 0) is 59.4 Å². The van der Waals surface area contributed by atoms with Gasteiger partial charge >= 0.3 is 12.3 Å². The molecule has 0 N–H and O–H groups in total. The fourth-order valence-corrected chi connectivity index (χ4v) is 5.68. The van der Waals surface area contributed by atoms with E-state index in [4.69, 9.17) is 14.2 Å². The number of fused-ring (bicyclic) bond motifs is 1. The van der Waals surface area contributed by atoms with Crippen LogP contribution in [0.2, 0.25) is 0 Å². The molecule has 5 rings (SSSR count). The number of alkyl halides is 3. The smallest absolute Gasteiger partial charge is 0.425 e. The number of ether oxygens (including phenoxy) is 3. The number of hydrogen-bond donors (Lipinski definition) is 0. The molecule has 2 fully saturated rings. The van der Waals surface area contributed by atoms with Gasteiger partial charge in [0.15, 0.2) is 6.10 Å². The molecule has 0 bridgehead atoms. The Morgan fingerprint density at radius 3 is 2.43 bits per heavy atom. The maximum atomic E-state index is 14.3. The fourth-order valence-electron chi connectivity index (χ4n) is 5.68. The number of pyridine rings is 1. The topological polar surface area (TPSA) is 107 Å². The van der Waals surface area contributed by atoms with Crippen LogP contribution in [0.1, 0.15) is 63.8 Å². The molecule has 3 aromatic heterocycles. The van der Waals surface area contributed by atoms with Gasteiger partial charge in [0, 0.05) is 55.2 Å². The lowest BCUT2D eigenvalue weighted by Gasteiger charge is -2.34. The molecule has 0 aromatic carbocycles. The number of piperidine rings is 1. The Bertz CT molecular complexity index is 1470. The third-order valence-corrected chi connectivity index (χ3v) is 7.79. The van der Waals surface area contributed by atoms with Crippen LogP contribution in [0.3, 0.4) is 0 Å². The van der Waals surface area contributed by atoms with Gasteiger partial charge in [0.2, 0.25) is 0 Å². The van der Waals surface area contributed by atoms with Crippen molar-refractivity contribution in [3.05, 3.63) is 35.9 Å². The van der Waals surface area contributed by atoms with E-state index in [1.165, 1.54) is 16.8 Å². The summed E-state index contributed by atoms with van der Waals surface area (Å²) in [4.78, 5) is 14.2.